The van der Waals surface area contributed by atoms with E-state index < -0.39 is 11.2 Å². The SMILES string of the molecule is CCCCCC(NCC)c1cnc(C(F)(F)F)s1. The van der Waals surface area contributed by atoms with Crippen LogP contribution in [-0.4, -0.2) is 11.5 Å². The van der Waals surface area contributed by atoms with Crippen molar-refractivity contribution < 1.29 is 13.2 Å². The minimum Gasteiger partial charge on any atom is -0.309 e. The summed E-state index contributed by atoms with van der Waals surface area (Å²) in [4.78, 5) is 4.15. The first kappa shape index (κ1) is 15.4. The Morgan fingerprint density at radius 2 is 2.06 bits per heavy atom. The Kier molecular flexibility index (Phi) is 6.08. The number of halogens is 3. The molecular weight excluding hydrogens is 261 g/mol. The van der Waals surface area contributed by atoms with E-state index in [1.165, 1.54) is 6.20 Å². The van der Waals surface area contributed by atoms with Gasteiger partial charge in [-0.25, -0.2) is 4.98 Å². The summed E-state index contributed by atoms with van der Waals surface area (Å²) in [5.74, 6) is 0. The second-order valence-electron chi connectivity index (χ2n) is 4.17. The Hall–Kier alpha value is -0.620. The molecule has 0 aliphatic heterocycles. The number of thiazole rings is 1. The normalized spacial score (nSPS) is 13.8. The van der Waals surface area contributed by atoms with Gasteiger partial charge in [0.05, 0.1) is 0 Å². The van der Waals surface area contributed by atoms with Gasteiger partial charge in [0.1, 0.15) is 0 Å². The molecule has 0 bridgehead atoms. The molecule has 1 atom stereocenters. The Balaban J connectivity index is 2.70. The highest BCUT2D eigenvalue weighted by atomic mass is 32.1. The van der Waals surface area contributed by atoms with Crippen molar-refractivity contribution in [3.63, 3.8) is 0 Å². The average Bonchev–Trinajstić information content (AvgIpc) is 2.77. The van der Waals surface area contributed by atoms with E-state index in [0.29, 0.717) is 4.88 Å². The Morgan fingerprint density at radius 3 is 2.56 bits per heavy atom. The lowest BCUT2D eigenvalue weighted by Gasteiger charge is -2.15. The van der Waals surface area contributed by atoms with Crippen molar-refractivity contribution in [3.8, 4) is 0 Å². The van der Waals surface area contributed by atoms with Crippen molar-refractivity contribution >= 4 is 11.3 Å². The van der Waals surface area contributed by atoms with Crippen molar-refractivity contribution in [2.24, 2.45) is 0 Å². The molecule has 0 aliphatic carbocycles. The summed E-state index contributed by atoms with van der Waals surface area (Å²) in [6.07, 6.45) is 1.12. The van der Waals surface area contributed by atoms with E-state index in [9.17, 15) is 13.2 Å². The van der Waals surface area contributed by atoms with Crippen LogP contribution in [0.2, 0.25) is 0 Å². The molecule has 0 aromatic carbocycles. The Labute approximate surface area is 110 Å². The van der Waals surface area contributed by atoms with Crippen LogP contribution in [0.4, 0.5) is 13.2 Å². The average molecular weight is 280 g/mol. The summed E-state index contributed by atoms with van der Waals surface area (Å²) in [6, 6.07) is -0.00449. The predicted octanol–water partition coefficient (Wildman–Crippen LogP) is 4.39. The highest BCUT2D eigenvalue weighted by molar-refractivity contribution is 7.11. The van der Waals surface area contributed by atoms with E-state index in [-0.39, 0.29) is 6.04 Å². The van der Waals surface area contributed by atoms with Gasteiger partial charge in [-0.2, -0.15) is 13.2 Å². The van der Waals surface area contributed by atoms with Crippen LogP contribution >= 0.6 is 11.3 Å². The summed E-state index contributed by atoms with van der Waals surface area (Å²) in [5, 5.41) is 2.47. The van der Waals surface area contributed by atoms with Crippen LogP contribution in [0, 0.1) is 0 Å². The molecule has 0 saturated heterocycles. The second-order valence-corrected chi connectivity index (χ2v) is 5.23. The van der Waals surface area contributed by atoms with Crippen LogP contribution in [0.15, 0.2) is 6.20 Å². The molecule has 1 heterocycles. The highest BCUT2D eigenvalue weighted by Gasteiger charge is 2.35. The molecule has 1 aromatic heterocycles. The molecule has 1 unspecified atom stereocenters. The van der Waals surface area contributed by atoms with Crippen molar-refractivity contribution in [3.05, 3.63) is 16.1 Å². The Bertz CT molecular complexity index is 349. The molecule has 0 spiro atoms. The van der Waals surface area contributed by atoms with Gasteiger partial charge >= 0.3 is 6.18 Å². The minimum atomic E-state index is -4.33. The molecule has 0 saturated carbocycles. The van der Waals surface area contributed by atoms with Crippen LogP contribution in [0.1, 0.15) is 55.5 Å². The van der Waals surface area contributed by atoms with Gasteiger partial charge in [0.25, 0.3) is 0 Å². The van der Waals surface area contributed by atoms with E-state index in [0.717, 1.165) is 43.6 Å². The largest absolute Gasteiger partial charge is 0.443 e. The number of alkyl halides is 3. The fraction of sp³-hybridized carbons (Fsp3) is 0.750. The highest BCUT2D eigenvalue weighted by Crippen LogP contribution is 2.35. The number of hydrogen-bond acceptors (Lipinski definition) is 3. The maximum atomic E-state index is 12.5. The van der Waals surface area contributed by atoms with Gasteiger partial charge in [-0.15, -0.1) is 11.3 Å². The van der Waals surface area contributed by atoms with Gasteiger partial charge in [-0.05, 0) is 13.0 Å². The summed E-state index contributed by atoms with van der Waals surface area (Å²) in [7, 11) is 0. The fourth-order valence-corrected chi connectivity index (χ4v) is 2.66. The third-order valence-corrected chi connectivity index (χ3v) is 3.81. The van der Waals surface area contributed by atoms with Gasteiger partial charge in [-0.1, -0.05) is 33.1 Å². The van der Waals surface area contributed by atoms with Gasteiger partial charge < -0.3 is 5.32 Å². The molecule has 1 rings (SSSR count). The van der Waals surface area contributed by atoms with Crippen LogP contribution < -0.4 is 5.32 Å². The number of nitrogens with one attached hydrogen (secondary N) is 1. The molecule has 18 heavy (non-hydrogen) atoms. The number of nitrogens with zero attached hydrogens (tertiary/aromatic N) is 1. The van der Waals surface area contributed by atoms with Crippen LogP contribution in [-0.2, 0) is 6.18 Å². The zero-order valence-electron chi connectivity index (χ0n) is 10.7. The lowest BCUT2D eigenvalue weighted by molar-refractivity contribution is -0.137. The van der Waals surface area contributed by atoms with Crippen LogP contribution in [0.3, 0.4) is 0 Å². The molecule has 1 aromatic rings. The molecule has 0 fully saturated rings. The first-order valence-electron chi connectivity index (χ1n) is 6.25. The number of aromatic nitrogens is 1. The molecular formula is C12H19F3N2S. The molecule has 1 N–H and O–H groups in total. The smallest absolute Gasteiger partial charge is 0.309 e. The lowest BCUT2D eigenvalue weighted by Crippen LogP contribution is -2.19. The number of unbranched alkanes of at least 4 members (excludes halogenated alkanes) is 2. The summed E-state index contributed by atoms with van der Waals surface area (Å²) >= 11 is 0.747. The first-order valence-corrected chi connectivity index (χ1v) is 7.07. The molecule has 0 radical (unpaired) electrons. The quantitative estimate of drug-likeness (QED) is 0.749. The van der Waals surface area contributed by atoms with Crippen LogP contribution in [0.25, 0.3) is 0 Å². The van der Waals surface area contributed by atoms with Crippen molar-refractivity contribution in [1.82, 2.24) is 10.3 Å². The van der Waals surface area contributed by atoms with Gasteiger partial charge in [0, 0.05) is 17.1 Å². The van der Waals surface area contributed by atoms with Crippen molar-refractivity contribution in [1.29, 1.82) is 0 Å². The van der Waals surface area contributed by atoms with Crippen LogP contribution in [0.5, 0.6) is 0 Å². The molecule has 0 aliphatic rings. The predicted molar refractivity (Wildman–Crippen MR) is 67.7 cm³/mol. The third-order valence-electron chi connectivity index (χ3n) is 2.66. The summed E-state index contributed by atoms with van der Waals surface area (Å²) in [5.41, 5.74) is 0. The maximum absolute atomic E-state index is 12.5. The summed E-state index contributed by atoms with van der Waals surface area (Å²) < 4.78 is 37.5. The summed E-state index contributed by atoms with van der Waals surface area (Å²) in [6.45, 7) is 4.81. The zero-order valence-corrected chi connectivity index (χ0v) is 11.5. The van der Waals surface area contributed by atoms with E-state index in [2.05, 4.69) is 17.2 Å². The number of hydrogen-bond donors (Lipinski definition) is 1. The molecule has 2 nitrogen and oxygen atoms in total. The van der Waals surface area contributed by atoms with E-state index in [1.54, 1.807) is 0 Å². The van der Waals surface area contributed by atoms with E-state index in [4.69, 9.17) is 0 Å². The van der Waals surface area contributed by atoms with E-state index >= 15 is 0 Å². The number of rotatable bonds is 7. The Morgan fingerprint density at radius 1 is 1.33 bits per heavy atom. The maximum Gasteiger partial charge on any atom is 0.443 e. The lowest BCUT2D eigenvalue weighted by atomic mass is 10.1. The minimum absolute atomic E-state index is 0.00449. The van der Waals surface area contributed by atoms with Crippen molar-refractivity contribution in [2.45, 2.75) is 51.7 Å². The first-order chi connectivity index (χ1) is 8.49. The topological polar surface area (TPSA) is 24.9 Å². The zero-order chi connectivity index (χ0) is 13.6. The van der Waals surface area contributed by atoms with E-state index in [1.807, 2.05) is 6.92 Å². The van der Waals surface area contributed by atoms with Crippen molar-refractivity contribution in [2.75, 3.05) is 6.54 Å². The standard InChI is InChI=1S/C12H19F3N2S/c1-3-5-6-7-9(16-4-2)10-8-17-11(18-10)12(13,14)15/h8-9,16H,3-7H2,1-2H3. The molecule has 104 valence electrons. The van der Waals surface area contributed by atoms with Gasteiger partial charge in [0.15, 0.2) is 5.01 Å². The third kappa shape index (κ3) is 4.57. The van der Waals surface area contributed by atoms with Gasteiger partial charge in [-0.3, -0.25) is 0 Å². The fourth-order valence-electron chi connectivity index (χ4n) is 1.77. The van der Waals surface area contributed by atoms with Gasteiger partial charge in [0.2, 0.25) is 0 Å². The molecule has 6 heteroatoms. The second kappa shape index (κ2) is 7.09. The molecule has 0 amide bonds. The monoisotopic (exact) mass is 280 g/mol.